The van der Waals surface area contributed by atoms with Gasteiger partial charge in [0.05, 0.1) is 11.4 Å². The summed E-state index contributed by atoms with van der Waals surface area (Å²) >= 11 is 3.61. The summed E-state index contributed by atoms with van der Waals surface area (Å²) in [5, 5.41) is 6.43. The fourth-order valence-corrected chi connectivity index (χ4v) is 3.34. The van der Waals surface area contributed by atoms with Gasteiger partial charge in [-0.2, -0.15) is 0 Å². The molecule has 0 saturated carbocycles. The van der Waals surface area contributed by atoms with Crippen LogP contribution in [0.1, 0.15) is 16.8 Å². The number of aromatic amines is 1. The summed E-state index contributed by atoms with van der Waals surface area (Å²) in [6, 6.07) is 14.3. The molecule has 0 spiro atoms. The molecule has 0 fully saturated rings. The molecule has 0 saturated heterocycles. The Hall–Kier alpha value is -3.12. The Morgan fingerprint density at radius 2 is 1.76 bits per heavy atom. The average Bonchev–Trinajstić information content (AvgIpc) is 2.80. The summed E-state index contributed by atoms with van der Waals surface area (Å²) in [4.78, 5) is 12.3. The summed E-state index contributed by atoms with van der Waals surface area (Å²) in [6.45, 7) is 8.05. The van der Waals surface area contributed by atoms with Gasteiger partial charge in [0.1, 0.15) is 5.82 Å². The van der Waals surface area contributed by atoms with Crippen LogP contribution in [0, 0.1) is 13.8 Å². The lowest BCUT2D eigenvalue weighted by molar-refractivity contribution is 1.13. The molecule has 29 heavy (non-hydrogen) atoms. The first-order valence-corrected chi connectivity index (χ1v) is 10.0. The molecule has 148 valence electrons. The lowest BCUT2D eigenvalue weighted by atomic mass is 10.1. The Balaban J connectivity index is 1.93. The molecule has 3 aromatic rings. The third-order valence-electron chi connectivity index (χ3n) is 4.47. The molecule has 0 bridgehead atoms. The van der Waals surface area contributed by atoms with Crippen molar-refractivity contribution in [2.24, 2.45) is 0 Å². The predicted molar refractivity (Wildman–Crippen MR) is 124 cm³/mol. The Morgan fingerprint density at radius 1 is 1.03 bits per heavy atom. The highest BCUT2D eigenvalue weighted by atomic mass is 79.9. The number of aryl methyl sites for hydroxylation is 2. The summed E-state index contributed by atoms with van der Waals surface area (Å²) in [5.41, 5.74) is 6.77. The lowest BCUT2D eigenvalue weighted by Crippen LogP contribution is -2.04. The van der Waals surface area contributed by atoms with Crippen LogP contribution in [-0.4, -0.2) is 22.0 Å². The van der Waals surface area contributed by atoms with Crippen molar-refractivity contribution in [2.75, 3.05) is 12.4 Å². The first-order chi connectivity index (χ1) is 14.0. The van der Waals surface area contributed by atoms with E-state index < -0.39 is 0 Å². The van der Waals surface area contributed by atoms with Crippen LogP contribution in [0.15, 0.2) is 72.1 Å². The fourth-order valence-electron chi connectivity index (χ4n) is 2.72. The monoisotopic (exact) mass is 449 g/mol. The third-order valence-corrected chi connectivity index (χ3v) is 5.13. The lowest BCUT2D eigenvalue weighted by Gasteiger charge is -2.11. The fraction of sp³-hybridized carbons (Fsp3) is 0.130. The Bertz CT molecular complexity index is 1070. The van der Waals surface area contributed by atoms with Crippen LogP contribution >= 0.6 is 15.9 Å². The summed E-state index contributed by atoms with van der Waals surface area (Å²) in [6.07, 6.45) is 5.28. The van der Waals surface area contributed by atoms with Gasteiger partial charge in [-0.25, -0.2) is 4.98 Å². The largest absolute Gasteiger partial charge is 0.388 e. The van der Waals surface area contributed by atoms with E-state index >= 15 is 0 Å². The van der Waals surface area contributed by atoms with E-state index in [9.17, 15) is 0 Å². The van der Waals surface area contributed by atoms with Crippen molar-refractivity contribution in [3.63, 3.8) is 0 Å². The minimum Gasteiger partial charge on any atom is -0.388 e. The zero-order valence-electron chi connectivity index (χ0n) is 16.8. The molecule has 1 heterocycles. The second kappa shape index (κ2) is 9.39. The quantitative estimate of drug-likeness (QED) is 0.452. The maximum Gasteiger partial charge on any atom is 0.149 e. The van der Waals surface area contributed by atoms with E-state index in [2.05, 4.69) is 79.3 Å². The van der Waals surface area contributed by atoms with Crippen molar-refractivity contribution >= 4 is 33.1 Å². The van der Waals surface area contributed by atoms with Crippen LogP contribution in [-0.2, 0) is 0 Å². The number of aromatic nitrogens is 3. The van der Waals surface area contributed by atoms with Crippen molar-refractivity contribution in [2.45, 2.75) is 13.8 Å². The molecule has 0 aliphatic carbocycles. The van der Waals surface area contributed by atoms with E-state index in [1.54, 1.807) is 12.4 Å². The zero-order chi connectivity index (χ0) is 20.8. The smallest absolute Gasteiger partial charge is 0.149 e. The van der Waals surface area contributed by atoms with E-state index in [0.29, 0.717) is 5.82 Å². The molecule has 5 nitrogen and oxygen atoms in total. The molecular formula is C23H24BrN5. The first kappa shape index (κ1) is 20.6. The molecule has 0 unspecified atom stereocenters. The van der Waals surface area contributed by atoms with E-state index in [1.807, 2.05) is 38.4 Å². The molecule has 3 rings (SSSR count). The van der Waals surface area contributed by atoms with Gasteiger partial charge in [0.15, 0.2) is 0 Å². The number of anilines is 2. The van der Waals surface area contributed by atoms with Crippen LogP contribution in [0.4, 0.5) is 11.5 Å². The minimum absolute atomic E-state index is 0.713. The van der Waals surface area contributed by atoms with E-state index in [4.69, 9.17) is 0 Å². The number of H-pyrrole nitrogens is 1. The van der Waals surface area contributed by atoms with E-state index in [1.165, 1.54) is 5.56 Å². The number of hydrogen-bond acceptors (Lipinski definition) is 4. The topological polar surface area (TPSA) is 65.6 Å². The Morgan fingerprint density at radius 3 is 2.45 bits per heavy atom. The molecule has 6 heteroatoms. The van der Waals surface area contributed by atoms with Crippen molar-refractivity contribution in [1.82, 2.24) is 20.3 Å². The molecular weight excluding hydrogens is 426 g/mol. The number of halogens is 1. The molecule has 1 aromatic heterocycles. The summed E-state index contributed by atoms with van der Waals surface area (Å²) in [5.74, 6) is 0.713. The van der Waals surface area contributed by atoms with Crippen LogP contribution in [0.3, 0.4) is 0 Å². The van der Waals surface area contributed by atoms with Crippen LogP contribution in [0.2, 0.25) is 0 Å². The van der Waals surface area contributed by atoms with Crippen LogP contribution < -0.4 is 10.6 Å². The van der Waals surface area contributed by atoms with Crippen molar-refractivity contribution in [3.8, 4) is 11.3 Å². The summed E-state index contributed by atoms with van der Waals surface area (Å²) < 4.78 is 0.947. The highest BCUT2D eigenvalue weighted by Crippen LogP contribution is 2.27. The maximum absolute atomic E-state index is 4.52. The highest BCUT2D eigenvalue weighted by Gasteiger charge is 2.06. The van der Waals surface area contributed by atoms with E-state index in [-0.39, 0.29) is 0 Å². The molecule has 0 amide bonds. The Labute approximate surface area is 179 Å². The number of nitrogens with zero attached hydrogens (tertiary/aromatic N) is 2. The second-order valence-corrected chi connectivity index (χ2v) is 7.47. The molecule has 0 atom stereocenters. The standard InChI is InChI=1S/C23H24BrN5/c1-15-5-7-18(8-6-15)22-14-28-17(3)23(27-12-11-26-22)29-19-9-10-20(16(2)25-4)21(24)13-19/h5-14,25,28-29H,2H2,1,3-4H3. The van der Waals surface area contributed by atoms with Gasteiger partial charge >= 0.3 is 0 Å². The van der Waals surface area contributed by atoms with Crippen molar-refractivity contribution in [1.29, 1.82) is 0 Å². The van der Waals surface area contributed by atoms with Crippen molar-refractivity contribution < 1.29 is 0 Å². The van der Waals surface area contributed by atoms with E-state index in [0.717, 1.165) is 38.4 Å². The molecule has 0 aliphatic rings. The van der Waals surface area contributed by atoms with Gasteiger partial charge in [-0.1, -0.05) is 52.3 Å². The van der Waals surface area contributed by atoms with Crippen LogP contribution in [0.5, 0.6) is 0 Å². The number of nitrogens with one attached hydrogen (secondary N) is 3. The number of rotatable bonds is 5. The molecule has 0 radical (unpaired) electrons. The third kappa shape index (κ3) is 5.23. The predicted octanol–water partition coefficient (Wildman–Crippen LogP) is 5.91. The van der Waals surface area contributed by atoms with Gasteiger partial charge in [-0.15, -0.1) is 0 Å². The molecule has 3 N–H and O–H groups in total. The van der Waals surface area contributed by atoms with Gasteiger partial charge in [-0.05, 0) is 32.0 Å². The molecule has 0 aliphatic heterocycles. The van der Waals surface area contributed by atoms with Crippen LogP contribution in [0.25, 0.3) is 17.0 Å². The minimum atomic E-state index is 0.713. The van der Waals surface area contributed by atoms with Gasteiger partial charge < -0.3 is 15.6 Å². The second-order valence-electron chi connectivity index (χ2n) is 6.62. The SMILES string of the molecule is C=C(NC)c1ccc(Nc2nccnc(-c3ccc(C)cc3)c[nH]c2C)cc1Br. The molecule has 2 aromatic carbocycles. The van der Waals surface area contributed by atoms with Gasteiger partial charge in [-0.3, -0.25) is 4.98 Å². The average molecular weight is 450 g/mol. The van der Waals surface area contributed by atoms with Gasteiger partial charge in [0.25, 0.3) is 0 Å². The first-order valence-electron chi connectivity index (χ1n) is 9.23. The number of benzene rings is 2. The normalized spacial score (nSPS) is 10.2. The van der Waals surface area contributed by atoms with Crippen molar-refractivity contribution in [3.05, 3.63) is 88.9 Å². The summed E-state index contributed by atoms with van der Waals surface area (Å²) in [7, 11) is 1.85. The number of hydrogen-bond donors (Lipinski definition) is 3. The Kier molecular flexibility index (Phi) is 6.67. The van der Waals surface area contributed by atoms with Gasteiger partial charge in [0, 0.05) is 52.6 Å². The maximum atomic E-state index is 4.52. The van der Waals surface area contributed by atoms with Gasteiger partial charge in [0.2, 0.25) is 0 Å². The highest BCUT2D eigenvalue weighted by molar-refractivity contribution is 9.10. The zero-order valence-corrected chi connectivity index (χ0v) is 18.3.